The maximum Gasteiger partial charge on any atom is 0.0761 e. The van der Waals surface area contributed by atoms with Gasteiger partial charge in [0.1, 0.15) is 0 Å². The van der Waals surface area contributed by atoms with Gasteiger partial charge < -0.3 is 5.32 Å². The first-order valence-electron chi connectivity index (χ1n) is 6.41. The van der Waals surface area contributed by atoms with Gasteiger partial charge in [-0.15, -0.1) is 11.3 Å². The summed E-state index contributed by atoms with van der Waals surface area (Å²) in [5, 5.41) is 6.46. The van der Waals surface area contributed by atoms with Gasteiger partial charge in [-0.2, -0.15) is 0 Å². The second-order valence-electron chi connectivity index (χ2n) is 4.68. The van der Waals surface area contributed by atoms with E-state index in [1.165, 1.54) is 16.5 Å². The van der Waals surface area contributed by atoms with Crippen LogP contribution in [0.3, 0.4) is 0 Å². The van der Waals surface area contributed by atoms with E-state index in [0.717, 1.165) is 18.0 Å². The van der Waals surface area contributed by atoms with E-state index in [-0.39, 0.29) is 6.04 Å². The molecule has 0 amide bonds. The number of benzene rings is 2. The van der Waals surface area contributed by atoms with Gasteiger partial charge in [0.15, 0.2) is 0 Å². The quantitative estimate of drug-likeness (QED) is 0.493. The van der Waals surface area contributed by atoms with Crippen LogP contribution in [0.25, 0.3) is 10.8 Å². The Morgan fingerprint density at radius 2 is 1.76 bits per heavy atom. The molecule has 0 saturated carbocycles. The molecule has 0 spiro atoms. The Bertz CT molecular complexity index is 800. The highest BCUT2D eigenvalue weighted by Gasteiger charge is 2.20. The monoisotopic (exact) mass is 443 g/mol. The van der Waals surface area contributed by atoms with Crippen LogP contribution >= 0.6 is 54.8 Å². The molecule has 1 nitrogen and oxygen atoms in total. The second-order valence-corrected chi connectivity index (χ2v) is 8.84. The van der Waals surface area contributed by atoms with E-state index < -0.39 is 0 Å². The third-order valence-corrected chi connectivity index (χ3v) is 6.21. The molecule has 2 aromatic carbocycles. The summed E-state index contributed by atoms with van der Waals surface area (Å²) in [6.07, 6.45) is 0. The zero-order chi connectivity index (χ0) is 15.0. The van der Waals surface area contributed by atoms with Crippen LogP contribution < -0.4 is 5.32 Å². The standard InChI is InChI=1S/C16H12Br2ClNS/c1-20-15(12-8-14(17)21-16(12)18)11-6-7-13(19)10-5-3-2-4-9(10)11/h2-8,15,20H,1H3. The summed E-state index contributed by atoms with van der Waals surface area (Å²) < 4.78 is 2.25. The lowest BCUT2D eigenvalue weighted by Gasteiger charge is -2.19. The summed E-state index contributed by atoms with van der Waals surface area (Å²) in [6.45, 7) is 0. The Morgan fingerprint density at radius 3 is 2.38 bits per heavy atom. The number of thiophene rings is 1. The highest BCUT2D eigenvalue weighted by Crippen LogP contribution is 2.40. The fourth-order valence-corrected chi connectivity index (χ4v) is 5.70. The number of fused-ring (bicyclic) bond motifs is 1. The van der Waals surface area contributed by atoms with Crippen molar-refractivity contribution >= 4 is 65.6 Å². The van der Waals surface area contributed by atoms with E-state index in [1.807, 2.05) is 25.2 Å². The average Bonchev–Trinajstić information content (AvgIpc) is 2.81. The lowest BCUT2D eigenvalue weighted by atomic mass is 9.95. The van der Waals surface area contributed by atoms with Crippen molar-refractivity contribution in [2.45, 2.75) is 6.04 Å². The molecule has 0 fully saturated rings. The van der Waals surface area contributed by atoms with Crippen molar-refractivity contribution in [1.29, 1.82) is 0 Å². The Kier molecular flexibility index (Phi) is 4.71. The van der Waals surface area contributed by atoms with Crippen molar-refractivity contribution in [3.05, 3.63) is 66.2 Å². The molecule has 0 bridgehead atoms. The molecule has 1 N–H and O–H groups in total. The van der Waals surface area contributed by atoms with Gasteiger partial charge in [-0.1, -0.05) is 41.9 Å². The fraction of sp³-hybridized carbons (Fsp3) is 0.125. The molecule has 0 aliphatic rings. The van der Waals surface area contributed by atoms with Crippen LogP contribution in [0.2, 0.25) is 5.02 Å². The minimum atomic E-state index is 0.115. The molecule has 108 valence electrons. The lowest BCUT2D eigenvalue weighted by molar-refractivity contribution is 0.697. The molecule has 21 heavy (non-hydrogen) atoms. The number of halogens is 3. The van der Waals surface area contributed by atoms with Crippen LogP contribution in [-0.4, -0.2) is 7.05 Å². The van der Waals surface area contributed by atoms with Gasteiger partial charge in [0, 0.05) is 10.4 Å². The van der Waals surface area contributed by atoms with Crippen molar-refractivity contribution < 1.29 is 0 Å². The number of hydrogen-bond acceptors (Lipinski definition) is 2. The zero-order valence-electron chi connectivity index (χ0n) is 11.2. The molecule has 1 atom stereocenters. The number of hydrogen-bond donors (Lipinski definition) is 1. The first kappa shape index (κ1) is 15.5. The summed E-state index contributed by atoms with van der Waals surface area (Å²) in [7, 11) is 1.98. The molecule has 3 rings (SSSR count). The molecular weight excluding hydrogens is 434 g/mol. The van der Waals surface area contributed by atoms with E-state index in [0.29, 0.717) is 0 Å². The highest BCUT2D eigenvalue weighted by molar-refractivity contribution is 9.12. The van der Waals surface area contributed by atoms with Crippen LogP contribution in [0.4, 0.5) is 0 Å². The third kappa shape index (κ3) is 2.92. The molecule has 3 aromatic rings. The first-order valence-corrected chi connectivity index (χ1v) is 9.19. The summed E-state index contributed by atoms with van der Waals surface area (Å²) in [4.78, 5) is 0. The predicted molar refractivity (Wildman–Crippen MR) is 99.6 cm³/mol. The lowest BCUT2D eigenvalue weighted by Crippen LogP contribution is -2.17. The van der Waals surface area contributed by atoms with E-state index in [9.17, 15) is 0 Å². The summed E-state index contributed by atoms with van der Waals surface area (Å²) in [6, 6.07) is 14.6. The molecule has 1 aromatic heterocycles. The highest BCUT2D eigenvalue weighted by atomic mass is 79.9. The fourth-order valence-electron chi connectivity index (χ4n) is 2.57. The summed E-state index contributed by atoms with van der Waals surface area (Å²) in [5.41, 5.74) is 2.45. The molecule has 0 saturated heterocycles. The van der Waals surface area contributed by atoms with Crippen LogP contribution in [-0.2, 0) is 0 Å². The smallest absolute Gasteiger partial charge is 0.0761 e. The van der Waals surface area contributed by atoms with Gasteiger partial charge in [-0.05, 0) is 67.6 Å². The maximum absolute atomic E-state index is 6.32. The van der Waals surface area contributed by atoms with Crippen molar-refractivity contribution in [2.24, 2.45) is 0 Å². The minimum Gasteiger partial charge on any atom is -0.309 e. The molecule has 0 aliphatic carbocycles. The number of rotatable bonds is 3. The predicted octanol–water partition coefficient (Wildman–Crippen LogP) is 6.39. The van der Waals surface area contributed by atoms with Crippen molar-refractivity contribution in [2.75, 3.05) is 7.05 Å². The first-order chi connectivity index (χ1) is 10.1. The third-order valence-electron chi connectivity index (χ3n) is 3.50. The Labute approximate surface area is 149 Å². The SMILES string of the molecule is CNC(c1cc(Br)sc1Br)c1ccc(Cl)c2ccccc12. The Balaban J connectivity index is 2.22. The second kappa shape index (κ2) is 6.39. The van der Waals surface area contributed by atoms with Gasteiger partial charge >= 0.3 is 0 Å². The molecule has 0 radical (unpaired) electrons. The molecule has 5 heteroatoms. The van der Waals surface area contributed by atoms with Crippen molar-refractivity contribution in [3.8, 4) is 0 Å². The van der Waals surface area contributed by atoms with Gasteiger partial charge in [-0.25, -0.2) is 0 Å². The van der Waals surface area contributed by atoms with E-state index >= 15 is 0 Å². The van der Waals surface area contributed by atoms with E-state index in [2.05, 4.69) is 61.4 Å². The zero-order valence-corrected chi connectivity index (χ0v) is 15.9. The molecule has 1 heterocycles. The normalized spacial score (nSPS) is 12.8. The average molecular weight is 446 g/mol. The van der Waals surface area contributed by atoms with Gasteiger partial charge in [0.2, 0.25) is 0 Å². The molecule has 1 unspecified atom stereocenters. The minimum absolute atomic E-state index is 0.115. The maximum atomic E-state index is 6.32. The summed E-state index contributed by atoms with van der Waals surface area (Å²) in [5.74, 6) is 0. The largest absolute Gasteiger partial charge is 0.309 e. The Hall–Kier alpha value is -0.390. The van der Waals surface area contributed by atoms with E-state index in [4.69, 9.17) is 11.6 Å². The van der Waals surface area contributed by atoms with Crippen LogP contribution in [0, 0.1) is 0 Å². The van der Waals surface area contributed by atoms with Crippen molar-refractivity contribution in [1.82, 2.24) is 5.32 Å². The molecular formula is C16H12Br2ClNS. The van der Waals surface area contributed by atoms with Gasteiger partial charge in [0.25, 0.3) is 0 Å². The van der Waals surface area contributed by atoms with Crippen LogP contribution in [0.15, 0.2) is 50.0 Å². The van der Waals surface area contributed by atoms with Crippen LogP contribution in [0.5, 0.6) is 0 Å². The summed E-state index contributed by atoms with van der Waals surface area (Å²) >= 11 is 15.2. The van der Waals surface area contributed by atoms with Crippen LogP contribution in [0.1, 0.15) is 17.2 Å². The topological polar surface area (TPSA) is 12.0 Å². The van der Waals surface area contributed by atoms with Gasteiger partial charge in [0.05, 0.1) is 13.6 Å². The van der Waals surface area contributed by atoms with Crippen molar-refractivity contribution in [3.63, 3.8) is 0 Å². The van der Waals surface area contributed by atoms with E-state index in [1.54, 1.807) is 11.3 Å². The van der Waals surface area contributed by atoms with Gasteiger partial charge in [-0.3, -0.25) is 0 Å². The number of nitrogens with one attached hydrogen (secondary N) is 1. The molecule has 0 aliphatic heterocycles. The Morgan fingerprint density at radius 1 is 1.05 bits per heavy atom.